The Morgan fingerprint density at radius 2 is 1.96 bits per heavy atom. The first kappa shape index (κ1) is 18.2. The molecule has 0 unspecified atom stereocenters. The zero-order valence-electron chi connectivity index (χ0n) is 16.0. The van der Waals surface area contributed by atoms with Crippen molar-refractivity contribution in [3.8, 4) is 0 Å². The summed E-state index contributed by atoms with van der Waals surface area (Å²) in [7, 11) is 0. The number of carbonyl (C=O) groups is 1. The average molecular weight is 352 g/mol. The third kappa shape index (κ3) is 4.15. The van der Waals surface area contributed by atoms with Crippen molar-refractivity contribution in [2.24, 2.45) is 0 Å². The van der Waals surface area contributed by atoms with Gasteiger partial charge in [0.15, 0.2) is 0 Å². The average Bonchev–Trinajstić information content (AvgIpc) is 3.12. The van der Waals surface area contributed by atoms with Crippen molar-refractivity contribution in [3.63, 3.8) is 0 Å². The van der Waals surface area contributed by atoms with Crippen LogP contribution in [0.5, 0.6) is 0 Å². The highest BCUT2D eigenvalue weighted by Gasteiger charge is 2.26. The van der Waals surface area contributed by atoms with E-state index < -0.39 is 0 Å². The van der Waals surface area contributed by atoms with Gasteiger partial charge in [-0.15, -0.1) is 0 Å². The van der Waals surface area contributed by atoms with Gasteiger partial charge >= 0.3 is 6.03 Å². The van der Waals surface area contributed by atoms with Gasteiger partial charge in [0.2, 0.25) is 0 Å². The number of hydrogen-bond donors (Lipinski definition) is 2. The van der Waals surface area contributed by atoms with Crippen molar-refractivity contribution >= 4 is 6.03 Å². The number of benzene rings is 1. The Kier molecular flexibility index (Phi) is 5.45. The second kappa shape index (κ2) is 7.77. The molecule has 0 bridgehead atoms. The number of allylic oxidation sites excluding steroid dienone is 1. The maximum Gasteiger partial charge on any atom is 0.315 e. The highest BCUT2D eigenvalue weighted by molar-refractivity contribution is 5.74. The third-order valence-corrected chi connectivity index (χ3v) is 4.80. The minimum Gasteiger partial charge on any atom is -0.336 e. The summed E-state index contributed by atoms with van der Waals surface area (Å²) in [6.45, 7) is 8.91. The second-order valence-electron chi connectivity index (χ2n) is 7.33. The van der Waals surface area contributed by atoms with Gasteiger partial charge in [-0.1, -0.05) is 42.5 Å². The van der Waals surface area contributed by atoms with Crippen LogP contribution >= 0.6 is 0 Å². The molecular formula is C21H28N4O. The van der Waals surface area contributed by atoms with E-state index in [9.17, 15) is 4.79 Å². The number of carbonyl (C=O) groups excluding carboxylic acids is 1. The molecule has 0 saturated heterocycles. The summed E-state index contributed by atoms with van der Waals surface area (Å²) in [4.78, 5) is 11.9. The molecule has 0 saturated carbocycles. The van der Waals surface area contributed by atoms with Crippen LogP contribution in [-0.2, 0) is 6.54 Å². The smallest absolute Gasteiger partial charge is 0.315 e. The van der Waals surface area contributed by atoms with Crippen LogP contribution in [0.15, 0.2) is 42.5 Å². The lowest BCUT2D eigenvalue weighted by molar-refractivity contribution is 0.236. The zero-order valence-corrected chi connectivity index (χ0v) is 16.0. The fourth-order valence-corrected chi connectivity index (χ4v) is 3.65. The lowest BCUT2D eigenvalue weighted by Gasteiger charge is -2.16. The minimum atomic E-state index is -0.108. The minimum absolute atomic E-state index is 0.0648. The normalized spacial score (nSPS) is 19.1. The van der Waals surface area contributed by atoms with E-state index in [1.54, 1.807) is 0 Å². The standard InChI is InChI=1S/C21H28N4O/c1-14(2)22-21(26)23-19-11-10-18(12-19)20-15(3)24-25(16(20)4)13-17-8-6-5-7-9-17/h5-11,14,18-19H,12-13H2,1-4H3,(H2,22,23,26)/t18-,19+/m0/s1. The molecule has 0 aliphatic heterocycles. The molecule has 3 rings (SSSR count). The topological polar surface area (TPSA) is 59.0 Å². The van der Waals surface area contributed by atoms with E-state index in [4.69, 9.17) is 5.10 Å². The van der Waals surface area contributed by atoms with Gasteiger partial charge < -0.3 is 10.6 Å². The van der Waals surface area contributed by atoms with Crippen LogP contribution in [-0.4, -0.2) is 27.9 Å². The van der Waals surface area contributed by atoms with Gasteiger partial charge in [0, 0.05) is 29.3 Å². The summed E-state index contributed by atoms with van der Waals surface area (Å²) in [5, 5.41) is 10.7. The zero-order chi connectivity index (χ0) is 18.7. The summed E-state index contributed by atoms with van der Waals surface area (Å²) in [5.74, 6) is 0.295. The van der Waals surface area contributed by atoms with Crippen molar-refractivity contribution < 1.29 is 4.79 Å². The first-order valence-corrected chi connectivity index (χ1v) is 9.27. The second-order valence-corrected chi connectivity index (χ2v) is 7.33. The molecule has 138 valence electrons. The summed E-state index contributed by atoms with van der Waals surface area (Å²) in [6.07, 6.45) is 5.17. The van der Waals surface area contributed by atoms with E-state index in [-0.39, 0.29) is 18.1 Å². The fraction of sp³-hybridized carbons (Fsp3) is 0.429. The Morgan fingerprint density at radius 3 is 2.65 bits per heavy atom. The quantitative estimate of drug-likeness (QED) is 0.807. The summed E-state index contributed by atoms with van der Waals surface area (Å²) in [5.41, 5.74) is 4.80. The maximum absolute atomic E-state index is 11.9. The molecule has 0 spiro atoms. The van der Waals surface area contributed by atoms with E-state index in [1.807, 2.05) is 19.9 Å². The molecule has 1 aromatic carbocycles. The molecule has 1 aliphatic carbocycles. The Morgan fingerprint density at radius 1 is 1.23 bits per heavy atom. The first-order chi connectivity index (χ1) is 12.4. The van der Waals surface area contributed by atoms with Gasteiger partial charge in [0.1, 0.15) is 0 Å². The van der Waals surface area contributed by atoms with Gasteiger partial charge in [-0.2, -0.15) is 5.10 Å². The van der Waals surface area contributed by atoms with Crippen molar-refractivity contribution in [1.29, 1.82) is 0 Å². The molecule has 2 atom stereocenters. The molecule has 2 aromatic rings. The Hall–Kier alpha value is -2.56. The third-order valence-electron chi connectivity index (χ3n) is 4.80. The van der Waals surface area contributed by atoms with E-state index in [0.29, 0.717) is 5.92 Å². The number of aromatic nitrogens is 2. The molecule has 1 aliphatic rings. The fourth-order valence-electron chi connectivity index (χ4n) is 3.65. The Balaban J connectivity index is 1.69. The predicted octanol–water partition coefficient (Wildman–Crippen LogP) is 3.67. The maximum atomic E-state index is 11.9. The van der Waals surface area contributed by atoms with Gasteiger partial charge in [-0.3, -0.25) is 4.68 Å². The van der Waals surface area contributed by atoms with Gasteiger partial charge in [-0.25, -0.2) is 4.79 Å². The molecule has 5 heteroatoms. The Bertz CT molecular complexity index is 792. The van der Waals surface area contributed by atoms with Gasteiger partial charge in [-0.05, 0) is 39.7 Å². The van der Waals surface area contributed by atoms with Crippen LogP contribution < -0.4 is 10.6 Å². The monoisotopic (exact) mass is 352 g/mol. The SMILES string of the molecule is Cc1nn(Cc2ccccc2)c(C)c1[C@H]1C=C[C@@H](NC(=O)NC(C)C)C1. The van der Waals surface area contributed by atoms with Crippen molar-refractivity contribution in [1.82, 2.24) is 20.4 Å². The number of hydrogen-bond acceptors (Lipinski definition) is 2. The van der Waals surface area contributed by atoms with E-state index in [2.05, 4.69) is 65.6 Å². The first-order valence-electron chi connectivity index (χ1n) is 9.27. The molecular weight excluding hydrogens is 324 g/mol. The number of amides is 2. The van der Waals surface area contributed by atoms with Crippen LogP contribution in [0.3, 0.4) is 0 Å². The van der Waals surface area contributed by atoms with E-state index in [1.165, 1.54) is 16.8 Å². The molecule has 5 nitrogen and oxygen atoms in total. The van der Waals surface area contributed by atoms with Crippen LogP contribution in [0.2, 0.25) is 0 Å². The molecule has 1 heterocycles. The van der Waals surface area contributed by atoms with Crippen LogP contribution in [0, 0.1) is 13.8 Å². The highest BCUT2D eigenvalue weighted by atomic mass is 16.2. The molecule has 0 fully saturated rings. The van der Waals surface area contributed by atoms with Crippen LogP contribution in [0.25, 0.3) is 0 Å². The number of nitrogens with one attached hydrogen (secondary N) is 2. The number of rotatable bonds is 5. The largest absolute Gasteiger partial charge is 0.336 e. The number of nitrogens with zero attached hydrogens (tertiary/aromatic N) is 2. The van der Waals surface area contributed by atoms with E-state index >= 15 is 0 Å². The molecule has 2 amide bonds. The van der Waals surface area contributed by atoms with Crippen LogP contribution in [0.4, 0.5) is 4.79 Å². The van der Waals surface area contributed by atoms with E-state index in [0.717, 1.165) is 18.7 Å². The number of aryl methyl sites for hydroxylation is 1. The lowest BCUT2D eigenvalue weighted by atomic mass is 9.96. The van der Waals surface area contributed by atoms with Crippen molar-refractivity contribution in [2.45, 2.75) is 58.7 Å². The van der Waals surface area contributed by atoms with Gasteiger partial charge in [0.25, 0.3) is 0 Å². The van der Waals surface area contributed by atoms with Crippen molar-refractivity contribution in [3.05, 3.63) is 65.0 Å². The molecule has 26 heavy (non-hydrogen) atoms. The summed E-state index contributed by atoms with van der Waals surface area (Å²) in [6, 6.07) is 10.5. The molecule has 0 radical (unpaired) electrons. The summed E-state index contributed by atoms with van der Waals surface area (Å²) < 4.78 is 2.08. The Labute approximate surface area is 155 Å². The predicted molar refractivity (Wildman–Crippen MR) is 104 cm³/mol. The number of urea groups is 1. The summed E-state index contributed by atoms with van der Waals surface area (Å²) >= 11 is 0. The molecule has 2 N–H and O–H groups in total. The molecule has 1 aromatic heterocycles. The lowest BCUT2D eigenvalue weighted by Crippen LogP contribution is -2.43. The van der Waals surface area contributed by atoms with Gasteiger partial charge in [0.05, 0.1) is 12.2 Å². The highest BCUT2D eigenvalue weighted by Crippen LogP contribution is 2.33. The van der Waals surface area contributed by atoms with Crippen molar-refractivity contribution in [2.75, 3.05) is 0 Å². The van der Waals surface area contributed by atoms with Crippen LogP contribution in [0.1, 0.15) is 48.7 Å².